The van der Waals surface area contributed by atoms with Gasteiger partial charge in [0.2, 0.25) is 0 Å². The molecule has 0 amide bonds. The molecule has 0 spiro atoms. The fourth-order valence-corrected chi connectivity index (χ4v) is 5.33. The smallest absolute Gasteiger partial charge is 0.188 e. The number of halogens is 3. The number of hydrogen-bond donors (Lipinski definition) is 0. The molecule has 0 bridgehead atoms. The molecule has 0 unspecified atom stereocenters. The summed E-state index contributed by atoms with van der Waals surface area (Å²) in [5, 5.41) is 2.17. The molecule has 7 heteroatoms. The van der Waals surface area contributed by atoms with E-state index in [1.807, 2.05) is 0 Å². The average molecular weight is 524 g/mol. The van der Waals surface area contributed by atoms with E-state index in [1.54, 1.807) is 17.9 Å². The van der Waals surface area contributed by atoms with Gasteiger partial charge in [0.15, 0.2) is 5.16 Å². The average Bonchev–Trinajstić information content (AvgIpc) is 2.30. The van der Waals surface area contributed by atoms with Crippen LogP contribution in [0.15, 0.2) is 10.2 Å². The van der Waals surface area contributed by atoms with Gasteiger partial charge in [0.25, 0.3) is 0 Å². The molecule has 1 aromatic rings. The zero-order valence-corrected chi connectivity index (χ0v) is 13.5. The highest BCUT2D eigenvalue weighted by Crippen LogP contribution is 2.34. The van der Waals surface area contributed by atoms with Crippen molar-refractivity contribution in [1.82, 2.24) is 7.76 Å². The van der Waals surface area contributed by atoms with Crippen LogP contribution >= 0.6 is 83.1 Å². The first-order valence-corrected chi connectivity index (χ1v) is 10.2. The first kappa shape index (κ1) is 11.2. The van der Waals surface area contributed by atoms with Crippen LogP contribution in [0, 0.1) is 6.92 Å². The third kappa shape index (κ3) is 2.53. The van der Waals surface area contributed by atoms with Crippen LogP contribution in [0.4, 0.5) is 0 Å². The Balaban J connectivity index is 3.12. The van der Waals surface area contributed by atoms with E-state index in [0.29, 0.717) is 0 Å². The quantitative estimate of drug-likeness (QED) is 0.539. The second-order valence-electron chi connectivity index (χ2n) is 1.72. The Hall–Kier alpha value is 2.10. The zero-order chi connectivity index (χ0) is 8.43. The van der Waals surface area contributed by atoms with E-state index in [1.165, 1.54) is 5.69 Å². The zero-order valence-electron chi connectivity index (χ0n) is 5.34. The Morgan fingerprint density at radius 1 is 1.36 bits per heavy atom. The first-order valence-electron chi connectivity index (χ1n) is 2.53. The molecule has 0 saturated heterocycles. The Kier molecular flexibility index (Phi) is 5.18. The van der Waals surface area contributed by atoms with Gasteiger partial charge < -0.3 is 0 Å². The van der Waals surface area contributed by atoms with Crippen LogP contribution in [-0.2, 0) is 0 Å². The SMILES string of the molecule is Cc1c(SI)nc(SI)n1I. The summed E-state index contributed by atoms with van der Waals surface area (Å²) in [6.07, 6.45) is 0. The minimum Gasteiger partial charge on any atom is -0.262 e. The summed E-state index contributed by atoms with van der Waals surface area (Å²) in [6, 6.07) is 0. The van der Waals surface area contributed by atoms with Gasteiger partial charge in [-0.2, -0.15) is 0 Å². The predicted molar refractivity (Wildman–Crippen MR) is 76.1 cm³/mol. The van der Waals surface area contributed by atoms with Gasteiger partial charge in [0.1, 0.15) is 5.03 Å². The molecule has 0 atom stereocenters. The molecule has 1 aromatic heterocycles. The fourth-order valence-electron chi connectivity index (χ4n) is 0.560. The van der Waals surface area contributed by atoms with Gasteiger partial charge in [-0.05, 0) is 24.8 Å². The van der Waals surface area contributed by atoms with Crippen molar-refractivity contribution in [2.45, 2.75) is 17.1 Å². The van der Waals surface area contributed by atoms with Crippen LogP contribution in [0.1, 0.15) is 5.69 Å². The first-order chi connectivity index (χ1) is 5.20. The highest BCUT2D eigenvalue weighted by atomic mass is 127. The predicted octanol–water partition coefficient (Wildman–Crippen LogP) is 4.27. The van der Waals surface area contributed by atoms with Gasteiger partial charge in [0.05, 0.1) is 28.6 Å². The van der Waals surface area contributed by atoms with Crippen LogP contribution in [0.5, 0.6) is 0 Å². The molecule has 0 aliphatic carbocycles. The van der Waals surface area contributed by atoms with Crippen molar-refractivity contribution in [3.8, 4) is 0 Å². The molecule has 0 fully saturated rings. The lowest BCUT2D eigenvalue weighted by molar-refractivity contribution is 1.01. The lowest BCUT2D eigenvalue weighted by Crippen LogP contribution is -1.82. The van der Waals surface area contributed by atoms with Crippen molar-refractivity contribution >= 4 is 83.1 Å². The maximum atomic E-state index is 4.41. The van der Waals surface area contributed by atoms with Crippen molar-refractivity contribution in [2.75, 3.05) is 0 Å². The molecule has 0 aliphatic heterocycles. The van der Waals surface area contributed by atoms with Gasteiger partial charge in [-0.1, -0.05) is 0 Å². The molecule has 0 radical (unpaired) electrons. The van der Waals surface area contributed by atoms with Crippen molar-refractivity contribution in [1.29, 1.82) is 0 Å². The molecule has 0 saturated carbocycles. The van der Waals surface area contributed by atoms with E-state index in [4.69, 9.17) is 0 Å². The third-order valence-electron chi connectivity index (χ3n) is 1.11. The molecule has 1 rings (SSSR count). The number of rotatable bonds is 2. The Bertz CT molecular complexity index is 238. The van der Waals surface area contributed by atoms with Crippen molar-refractivity contribution in [3.63, 3.8) is 0 Å². The Labute approximate surface area is 112 Å². The van der Waals surface area contributed by atoms with Crippen LogP contribution < -0.4 is 0 Å². The molecule has 0 aromatic carbocycles. The standard InChI is InChI=1S/C4H3I3N2S2/c1-2-3(10-6)8-4(11-7)9(2)5/h1H3. The molecule has 62 valence electrons. The van der Waals surface area contributed by atoms with E-state index in [-0.39, 0.29) is 0 Å². The van der Waals surface area contributed by atoms with E-state index < -0.39 is 0 Å². The van der Waals surface area contributed by atoms with E-state index in [0.717, 1.165) is 10.2 Å². The van der Waals surface area contributed by atoms with E-state index >= 15 is 0 Å². The Morgan fingerprint density at radius 2 is 2.00 bits per heavy atom. The topological polar surface area (TPSA) is 17.8 Å². The molecule has 2 nitrogen and oxygen atoms in total. The lowest BCUT2D eigenvalue weighted by atomic mass is 10.6. The van der Waals surface area contributed by atoms with Gasteiger partial charge in [-0.15, -0.1) is 0 Å². The monoisotopic (exact) mass is 524 g/mol. The molecule has 11 heavy (non-hydrogen) atoms. The van der Waals surface area contributed by atoms with Crippen LogP contribution in [0.2, 0.25) is 0 Å². The summed E-state index contributed by atoms with van der Waals surface area (Å²) in [5.41, 5.74) is 1.23. The van der Waals surface area contributed by atoms with Crippen LogP contribution in [0.25, 0.3) is 0 Å². The summed E-state index contributed by atoms with van der Waals surface area (Å²) in [4.78, 5) is 4.41. The fraction of sp³-hybridized carbons (Fsp3) is 0.250. The molecule has 0 aliphatic rings. The summed E-state index contributed by atoms with van der Waals surface area (Å²) < 4.78 is 2.08. The minimum absolute atomic E-state index is 1.06. The Morgan fingerprint density at radius 3 is 2.27 bits per heavy atom. The number of nitrogens with zero attached hydrogens (tertiary/aromatic N) is 2. The van der Waals surface area contributed by atoms with Gasteiger partial charge >= 0.3 is 0 Å². The van der Waals surface area contributed by atoms with Crippen LogP contribution in [-0.4, -0.2) is 7.76 Å². The summed E-state index contributed by atoms with van der Waals surface area (Å²) in [5.74, 6) is 0. The van der Waals surface area contributed by atoms with E-state index in [2.05, 4.69) is 80.0 Å². The maximum absolute atomic E-state index is 4.41. The summed E-state index contributed by atoms with van der Waals surface area (Å²) >= 11 is 6.75. The largest absolute Gasteiger partial charge is 0.262 e. The van der Waals surface area contributed by atoms with Crippen molar-refractivity contribution in [3.05, 3.63) is 5.69 Å². The van der Waals surface area contributed by atoms with Gasteiger partial charge in [-0.25, -0.2) is 4.98 Å². The highest BCUT2D eigenvalue weighted by molar-refractivity contribution is 14.2. The highest BCUT2D eigenvalue weighted by Gasteiger charge is 2.10. The van der Waals surface area contributed by atoms with Crippen molar-refractivity contribution < 1.29 is 0 Å². The molecule has 0 N–H and O–H groups in total. The minimum atomic E-state index is 1.06. The van der Waals surface area contributed by atoms with Crippen LogP contribution in [0.3, 0.4) is 0 Å². The molecular formula is C4H3I3N2S2. The second-order valence-corrected chi connectivity index (χ2v) is 6.39. The second kappa shape index (κ2) is 5.10. The normalized spacial score (nSPS) is 10.5. The van der Waals surface area contributed by atoms with E-state index in [9.17, 15) is 0 Å². The molecular weight excluding hydrogens is 521 g/mol. The lowest BCUT2D eigenvalue weighted by Gasteiger charge is -1.93. The number of aromatic nitrogens is 2. The summed E-state index contributed by atoms with van der Waals surface area (Å²) in [7, 11) is 3.31. The molecule has 1 heterocycles. The van der Waals surface area contributed by atoms with Gasteiger partial charge in [0, 0.05) is 42.4 Å². The third-order valence-corrected chi connectivity index (χ3v) is 6.00. The summed E-state index contributed by atoms with van der Waals surface area (Å²) in [6.45, 7) is 2.08. The van der Waals surface area contributed by atoms with Crippen molar-refractivity contribution in [2.24, 2.45) is 0 Å². The number of imidazole rings is 1. The number of hydrogen-bond acceptors (Lipinski definition) is 3. The van der Waals surface area contributed by atoms with Gasteiger partial charge in [-0.3, -0.25) is 2.78 Å². The maximum Gasteiger partial charge on any atom is 0.188 e.